The van der Waals surface area contributed by atoms with Crippen LogP contribution in [0.15, 0.2) is 12.3 Å². The molecule has 1 atom stereocenters. The Labute approximate surface area is 123 Å². The number of carboxylic acids is 1. The molecule has 7 heteroatoms. The molecule has 1 aliphatic rings. The molecular formula is C14H22N4O3. The van der Waals surface area contributed by atoms with Gasteiger partial charge in [-0.05, 0) is 33.2 Å². The van der Waals surface area contributed by atoms with Gasteiger partial charge in [0.1, 0.15) is 5.82 Å². The topological polar surface area (TPSA) is 87.5 Å². The second-order valence-corrected chi connectivity index (χ2v) is 5.72. The first-order valence-electron chi connectivity index (χ1n) is 7.26. The Morgan fingerprint density at radius 1 is 1.52 bits per heavy atom. The fourth-order valence-corrected chi connectivity index (χ4v) is 2.61. The molecule has 0 radical (unpaired) electrons. The number of hydrogen-bond donors (Lipinski definition) is 2. The minimum atomic E-state index is -0.780. The van der Waals surface area contributed by atoms with E-state index in [9.17, 15) is 9.59 Å². The standard InChI is InChI=1S/C14H22N4O3/c1-10(2)18-12(5-6-15-18)16-13(19)9-17-7-3-4-11(8-17)14(20)21/h5-6,10-11H,3-4,7-9H2,1-2H3,(H,16,19)(H,20,21). The number of amides is 1. The normalized spacial score (nSPS) is 19.7. The van der Waals surface area contributed by atoms with Crippen LogP contribution in [0.25, 0.3) is 0 Å². The van der Waals surface area contributed by atoms with E-state index >= 15 is 0 Å². The number of carbonyl (C=O) groups excluding carboxylic acids is 1. The minimum absolute atomic E-state index is 0.136. The molecule has 0 spiro atoms. The van der Waals surface area contributed by atoms with Crippen molar-refractivity contribution in [3.63, 3.8) is 0 Å². The maximum absolute atomic E-state index is 12.1. The maximum atomic E-state index is 12.1. The van der Waals surface area contributed by atoms with E-state index in [0.717, 1.165) is 13.0 Å². The second-order valence-electron chi connectivity index (χ2n) is 5.72. The fraction of sp³-hybridized carbons (Fsp3) is 0.643. The van der Waals surface area contributed by atoms with Crippen molar-refractivity contribution in [1.29, 1.82) is 0 Å². The Morgan fingerprint density at radius 3 is 2.95 bits per heavy atom. The van der Waals surface area contributed by atoms with Crippen LogP contribution >= 0.6 is 0 Å². The van der Waals surface area contributed by atoms with Gasteiger partial charge in [0.2, 0.25) is 5.91 Å². The highest BCUT2D eigenvalue weighted by Crippen LogP contribution is 2.17. The van der Waals surface area contributed by atoms with E-state index in [2.05, 4.69) is 10.4 Å². The summed E-state index contributed by atoms with van der Waals surface area (Å²) in [5, 5.41) is 16.1. The molecule has 0 aromatic carbocycles. The molecule has 2 heterocycles. The maximum Gasteiger partial charge on any atom is 0.307 e. The number of nitrogens with one attached hydrogen (secondary N) is 1. The van der Waals surface area contributed by atoms with Crippen LogP contribution in [-0.4, -0.2) is 51.3 Å². The lowest BCUT2D eigenvalue weighted by atomic mass is 9.98. The van der Waals surface area contributed by atoms with Crippen molar-refractivity contribution in [1.82, 2.24) is 14.7 Å². The summed E-state index contributed by atoms with van der Waals surface area (Å²) in [4.78, 5) is 25.0. The molecular weight excluding hydrogens is 272 g/mol. The molecule has 1 saturated heterocycles. The van der Waals surface area contributed by atoms with Gasteiger partial charge in [-0.2, -0.15) is 5.10 Å². The van der Waals surface area contributed by atoms with Crippen LogP contribution in [0.2, 0.25) is 0 Å². The zero-order valence-electron chi connectivity index (χ0n) is 12.5. The van der Waals surface area contributed by atoms with E-state index in [1.807, 2.05) is 18.7 Å². The van der Waals surface area contributed by atoms with Crippen LogP contribution in [-0.2, 0) is 9.59 Å². The van der Waals surface area contributed by atoms with Crippen LogP contribution in [0.1, 0.15) is 32.7 Å². The highest BCUT2D eigenvalue weighted by Gasteiger charge is 2.26. The summed E-state index contributed by atoms with van der Waals surface area (Å²) < 4.78 is 1.74. The molecule has 2 N–H and O–H groups in total. The molecule has 1 amide bonds. The number of carbonyl (C=O) groups is 2. The molecule has 7 nitrogen and oxygen atoms in total. The quantitative estimate of drug-likeness (QED) is 0.852. The lowest BCUT2D eigenvalue weighted by Crippen LogP contribution is -2.42. The van der Waals surface area contributed by atoms with Gasteiger partial charge in [-0.15, -0.1) is 0 Å². The average molecular weight is 294 g/mol. The first-order chi connectivity index (χ1) is 9.97. The second kappa shape index (κ2) is 6.71. The molecule has 1 aromatic heterocycles. The van der Waals surface area contributed by atoms with Gasteiger partial charge in [0.15, 0.2) is 0 Å². The van der Waals surface area contributed by atoms with E-state index in [4.69, 9.17) is 5.11 Å². The number of anilines is 1. The third-order valence-electron chi connectivity index (χ3n) is 3.65. The van der Waals surface area contributed by atoms with Gasteiger partial charge in [0.25, 0.3) is 0 Å². The van der Waals surface area contributed by atoms with Gasteiger partial charge in [-0.1, -0.05) is 0 Å². The summed E-state index contributed by atoms with van der Waals surface area (Å²) >= 11 is 0. The van der Waals surface area contributed by atoms with Crippen molar-refractivity contribution in [2.45, 2.75) is 32.7 Å². The van der Waals surface area contributed by atoms with Crippen molar-refractivity contribution in [3.05, 3.63) is 12.3 Å². The number of aromatic nitrogens is 2. The van der Waals surface area contributed by atoms with Gasteiger partial charge >= 0.3 is 5.97 Å². The lowest BCUT2D eigenvalue weighted by molar-refractivity contribution is -0.144. The zero-order valence-corrected chi connectivity index (χ0v) is 12.5. The minimum Gasteiger partial charge on any atom is -0.481 e. The highest BCUT2D eigenvalue weighted by molar-refractivity contribution is 5.91. The van der Waals surface area contributed by atoms with Gasteiger partial charge in [0, 0.05) is 18.7 Å². The van der Waals surface area contributed by atoms with Crippen molar-refractivity contribution in [3.8, 4) is 0 Å². The molecule has 21 heavy (non-hydrogen) atoms. The summed E-state index contributed by atoms with van der Waals surface area (Å²) in [6.07, 6.45) is 3.15. The van der Waals surface area contributed by atoms with Crippen molar-refractivity contribution in [2.24, 2.45) is 5.92 Å². The summed E-state index contributed by atoms with van der Waals surface area (Å²) in [6.45, 7) is 5.40. The van der Waals surface area contributed by atoms with Crippen LogP contribution in [0, 0.1) is 5.92 Å². The average Bonchev–Trinajstić information content (AvgIpc) is 2.87. The Morgan fingerprint density at radius 2 is 2.29 bits per heavy atom. The molecule has 2 rings (SSSR count). The molecule has 1 unspecified atom stereocenters. The van der Waals surface area contributed by atoms with Gasteiger partial charge in [-0.25, -0.2) is 4.68 Å². The predicted octanol–water partition coefficient (Wildman–Crippen LogP) is 1.20. The molecule has 1 aliphatic heterocycles. The molecule has 1 fully saturated rings. The van der Waals surface area contributed by atoms with Gasteiger partial charge in [-0.3, -0.25) is 14.5 Å². The molecule has 1 aromatic rings. The largest absolute Gasteiger partial charge is 0.481 e. The fourth-order valence-electron chi connectivity index (χ4n) is 2.61. The highest BCUT2D eigenvalue weighted by atomic mass is 16.4. The van der Waals surface area contributed by atoms with Crippen LogP contribution in [0.4, 0.5) is 5.82 Å². The van der Waals surface area contributed by atoms with Crippen molar-refractivity contribution >= 4 is 17.7 Å². The number of likely N-dealkylation sites (tertiary alicyclic amines) is 1. The monoisotopic (exact) mass is 294 g/mol. The van der Waals surface area contributed by atoms with E-state index in [0.29, 0.717) is 18.8 Å². The summed E-state index contributed by atoms with van der Waals surface area (Å²) in [5.74, 6) is -0.615. The Kier molecular flexibility index (Phi) is 4.95. The smallest absolute Gasteiger partial charge is 0.307 e. The van der Waals surface area contributed by atoms with E-state index in [1.54, 1.807) is 16.9 Å². The van der Waals surface area contributed by atoms with Crippen LogP contribution in [0.3, 0.4) is 0 Å². The number of nitrogens with zero attached hydrogens (tertiary/aromatic N) is 3. The number of hydrogen-bond acceptors (Lipinski definition) is 4. The van der Waals surface area contributed by atoms with Crippen molar-refractivity contribution in [2.75, 3.05) is 25.0 Å². The third-order valence-corrected chi connectivity index (χ3v) is 3.65. The van der Waals surface area contributed by atoms with Gasteiger partial charge in [0.05, 0.1) is 18.7 Å². The first-order valence-corrected chi connectivity index (χ1v) is 7.26. The number of piperidine rings is 1. The summed E-state index contributed by atoms with van der Waals surface area (Å²) in [6, 6.07) is 1.93. The zero-order chi connectivity index (χ0) is 15.4. The Bertz CT molecular complexity index is 512. The predicted molar refractivity (Wildman–Crippen MR) is 78.0 cm³/mol. The third kappa shape index (κ3) is 4.04. The first kappa shape index (κ1) is 15.5. The number of carboxylic acid groups (broad SMARTS) is 1. The summed E-state index contributed by atoms with van der Waals surface area (Å²) in [7, 11) is 0. The van der Waals surface area contributed by atoms with Crippen molar-refractivity contribution < 1.29 is 14.7 Å². The number of rotatable bonds is 5. The lowest BCUT2D eigenvalue weighted by Gasteiger charge is -2.29. The SMILES string of the molecule is CC(C)n1nccc1NC(=O)CN1CCCC(C(=O)O)C1. The molecule has 0 aliphatic carbocycles. The van der Waals surface area contributed by atoms with Gasteiger partial charge < -0.3 is 10.4 Å². The van der Waals surface area contributed by atoms with Crippen LogP contribution in [0.5, 0.6) is 0 Å². The molecule has 116 valence electrons. The molecule has 0 bridgehead atoms. The van der Waals surface area contributed by atoms with E-state index in [1.165, 1.54) is 0 Å². The molecule has 0 saturated carbocycles. The number of aliphatic carboxylic acids is 1. The van der Waals surface area contributed by atoms with E-state index < -0.39 is 5.97 Å². The summed E-state index contributed by atoms with van der Waals surface area (Å²) in [5.41, 5.74) is 0. The Hall–Kier alpha value is -1.89. The van der Waals surface area contributed by atoms with E-state index in [-0.39, 0.29) is 24.4 Å². The Balaban J connectivity index is 1.89. The van der Waals surface area contributed by atoms with Crippen LogP contribution < -0.4 is 5.32 Å².